The number of anilines is 1. The van der Waals surface area contributed by atoms with E-state index in [1.54, 1.807) is 6.07 Å². The SMILES string of the molecule is CNC1(C(=O)C(N)CS)N=C(c2ccccc2F)c2cc(Cl)ccc2N(CC=O)C1=O. The molecule has 10 heteroatoms. The van der Waals surface area contributed by atoms with Gasteiger partial charge in [0.15, 0.2) is 0 Å². The summed E-state index contributed by atoms with van der Waals surface area (Å²) in [5, 5.41) is 2.97. The highest BCUT2D eigenvalue weighted by molar-refractivity contribution is 7.80. The molecular weight excluding hydrogens is 443 g/mol. The third-order valence-electron chi connectivity index (χ3n) is 4.98. The van der Waals surface area contributed by atoms with Crippen LogP contribution in [-0.2, 0) is 14.4 Å². The monoisotopic (exact) mass is 462 g/mol. The molecule has 1 aliphatic rings. The molecular formula is C21H20ClFN4O3S. The van der Waals surface area contributed by atoms with Gasteiger partial charge in [0.2, 0.25) is 5.78 Å². The Morgan fingerprint density at radius 3 is 2.68 bits per heavy atom. The lowest BCUT2D eigenvalue weighted by molar-refractivity contribution is -0.136. The number of aliphatic imine (C=N–C) groups is 1. The van der Waals surface area contributed by atoms with E-state index in [1.807, 2.05) is 0 Å². The van der Waals surface area contributed by atoms with E-state index in [1.165, 1.54) is 43.4 Å². The minimum atomic E-state index is -2.20. The van der Waals surface area contributed by atoms with E-state index in [2.05, 4.69) is 22.9 Å². The van der Waals surface area contributed by atoms with Crippen LogP contribution in [0.3, 0.4) is 0 Å². The number of nitrogens with one attached hydrogen (secondary N) is 1. The second-order valence-corrected chi connectivity index (χ2v) is 7.60. The lowest BCUT2D eigenvalue weighted by Crippen LogP contribution is -2.65. The molecule has 7 nitrogen and oxygen atoms in total. The van der Waals surface area contributed by atoms with Gasteiger partial charge in [-0.1, -0.05) is 23.7 Å². The summed E-state index contributed by atoms with van der Waals surface area (Å²) in [6.07, 6.45) is 0.522. The number of hydrogen-bond acceptors (Lipinski definition) is 7. The van der Waals surface area contributed by atoms with Crippen LogP contribution in [0.2, 0.25) is 5.02 Å². The molecule has 1 amide bonds. The van der Waals surface area contributed by atoms with Gasteiger partial charge < -0.3 is 15.4 Å². The van der Waals surface area contributed by atoms with Crippen molar-refractivity contribution < 1.29 is 18.8 Å². The Kier molecular flexibility index (Phi) is 6.90. The van der Waals surface area contributed by atoms with Crippen LogP contribution in [0.5, 0.6) is 0 Å². The van der Waals surface area contributed by atoms with E-state index in [0.717, 1.165) is 4.90 Å². The van der Waals surface area contributed by atoms with Gasteiger partial charge in [0.1, 0.15) is 12.1 Å². The fraction of sp³-hybridized carbons (Fsp3) is 0.238. The fourth-order valence-corrected chi connectivity index (χ4v) is 3.76. The number of benzodiazepines with no additional fused rings is 1. The predicted molar refractivity (Wildman–Crippen MR) is 121 cm³/mol. The molecule has 162 valence electrons. The van der Waals surface area contributed by atoms with Crippen molar-refractivity contribution in [3.8, 4) is 0 Å². The zero-order valence-electron chi connectivity index (χ0n) is 16.5. The fourth-order valence-electron chi connectivity index (χ4n) is 3.43. The average molecular weight is 463 g/mol. The normalized spacial score (nSPS) is 19.3. The van der Waals surface area contributed by atoms with Gasteiger partial charge in [0.05, 0.1) is 24.0 Å². The zero-order chi connectivity index (χ0) is 22.8. The Balaban J connectivity index is 2.44. The molecule has 0 bridgehead atoms. The van der Waals surface area contributed by atoms with Crippen molar-refractivity contribution >= 4 is 53.6 Å². The van der Waals surface area contributed by atoms with Gasteiger partial charge >= 0.3 is 0 Å². The maximum atomic E-state index is 14.8. The van der Waals surface area contributed by atoms with E-state index in [4.69, 9.17) is 17.3 Å². The van der Waals surface area contributed by atoms with E-state index >= 15 is 0 Å². The zero-order valence-corrected chi connectivity index (χ0v) is 18.2. The largest absolute Gasteiger partial charge is 0.321 e. The van der Waals surface area contributed by atoms with Crippen LogP contribution in [0.25, 0.3) is 0 Å². The molecule has 1 aliphatic heterocycles. The van der Waals surface area contributed by atoms with E-state index in [-0.39, 0.29) is 34.8 Å². The van der Waals surface area contributed by atoms with Gasteiger partial charge in [-0.15, -0.1) is 0 Å². The van der Waals surface area contributed by atoms with Gasteiger partial charge in [0.25, 0.3) is 11.6 Å². The van der Waals surface area contributed by atoms with Crippen molar-refractivity contribution in [2.75, 3.05) is 24.2 Å². The van der Waals surface area contributed by atoms with Gasteiger partial charge in [-0.25, -0.2) is 9.38 Å². The van der Waals surface area contributed by atoms with Crippen LogP contribution < -0.4 is 16.0 Å². The maximum absolute atomic E-state index is 14.8. The van der Waals surface area contributed by atoms with Crippen molar-refractivity contribution in [1.29, 1.82) is 0 Å². The molecule has 0 fully saturated rings. The Hall–Kier alpha value is -2.59. The highest BCUT2D eigenvalue weighted by Gasteiger charge is 2.51. The van der Waals surface area contributed by atoms with E-state index in [0.29, 0.717) is 11.3 Å². The number of carbonyl (C=O) groups excluding carboxylic acids is 3. The van der Waals surface area contributed by atoms with Gasteiger partial charge in [-0.05, 0) is 37.4 Å². The number of ketones is 1. The number of Topliss-reactive ketones (excluding diaryl/α,β-unsaturated/α-hetero) is 1. The van der Waals surface area contributed by atoms with Crippen molar-refractivity contribution in [2.24, 2.45) is 10.7 Å². The van der Waals surface area contributed by atoms with E-state index in [9.17, 15) is 18.8 Å². The van der Waals surface area contributed by atoms with Crippen molar-refractivity contribution in [3.05, 3.63) is 64.4 Å². The van der Waals surface area contributed by atoms with Crippen LogP contribution in [0.15, 0.2) is 47.5 Å². The highest BCUT2D eigenvalue weighted by Crippen LogP contribution is 2.34. The number of nitrogens with two attached hydrogens (primary N) is 1. The second-order valence-electron chi connectivity index (χ2n) is 6.80. The molecule has 0 radical (unpaired) electrons. The first-order valence-corrected chi connectivity index (χ1v) is 10.3. The summed E-state index contributed by atoms with van der Waals surface area (Å²) in [7, 11) is 1.37. The molecule has 0 saturated carbocycles. The van der Waals surface area contributed by atoms with Crippen LogP contribution in [0, 0.1) is 5.82 Å². The number of carbonyl (C=O) groups is 3. The van der Waals surface area contributed by atoms with Crippen LogP contribution >= 0.6 is 24.2 Å². The molecule has 3 rings (SSSR count). The number of benzene rings is 2. The summed E-state index contributed by atoms with van der Waals surface area (Å²) in [5.74, 6) is -2.25. The molecule has 31 heavy (non-hydrogen) atoms. The first kappa shape index (κ1) is 23.1. The van der Waals surface area contributed by atoms with Crippen LogP contribution in [-0.4, -0.2) is 54.7 Å². The lowest BCUT2D eigenvalue weighted by Gasteiger charge is -2.32. The summed E-state index contributed by atoms with van der Waals surface area (Å²) in [6.45, 7) is -0.361. The first-order valence-electron chi connectivity index (χ1n) is 9.30. The first-order chi connectivity index (χ1) is 14.8. The Morgan fingerprint density at radius 2 is 2.06 bits per heavy atom. The van der Waals surface area contributed by atoms with Gasteiger partial charge in [-0.3, -0.25) is 14.9 Å². The summed E-state index contributed by atoms with van der Waals surface area (Å²) >= 11 is 10.3. The molecule has 0 aliphatic carbocycles. The minimum absolute atomic E-state index is 0.0198. The molecule has 1 heterocycles. The molecule has 2 aromatic rings. The molecule has 0 saturated heterocycles. The standard InChI is InChI=1S/C21H20ClFN4O3S/c1-25-21(19(29)16(24)11-31)20(30)27(8-9-28)17-7-6-12(22)10-14(17)18(26-21)13-4-2-3-5-15(13)23/h2-7,9-10,16,25,31H,8,11,24H2,1H3. The third kappa shape index (κ3) is 4.01. The number of hydrogen-bond donors (Lipinski definition) is 3. The average Bonchev–Trinajstić information content (AvgIpc) is 2.87. The van der Waals surface area contributed by atoms with Crippen LogP contribution in [0.4, 0.5) is 10.1 Å². The smallest absolute Gasteiger partial charge is 0.278 e. The Bertz CT molecular complexity index is 1080. The summed E-state index contributed by atoms with van der Waals surface area (Å²) in [4.78, 5) is 43.9. The van der Waals surface area contributed by atoms with E-state index < -0.39 is 29.2 Å². The third-order valence-corrected chi connectivity index (χ3v) is 5.61. The van der Waals surface area contributed by atoms with Crippen LogP contribution in [0.1, 0.15) is 11.1 Å². The minimum Gasteiger partial charge on any atom is -0.321 e. The second kappa shape index (κ2) is 9.27. The summed E-state index contributed by atoms with van der Waals surface area (Å²) in [6, 6.07) is 9.22. The highest BCUT2D eigenvalue weighted by atomic mass is 35.5. The number of thiol groups is 1. The van der Waals surface area contributed by atoms with Crippen molar-refractivity contribution in [2.45, 2.75) is 11.7 Å². The van der Waals surface area contributed by atoms with Crippen molar-refractivity contribution in [3.63, 3.8) is 0 Å². The number of halogens is 2. The molecule has 2 unspecified atom stereocenters. The predicted octanol–water partition coefficient (Wildman–Crippen LogP) is 1.60. The number of fused-ring (bicyclic) bond motifs is 1. The maximum Gasteiger partial charge on any atom is 0.278 e. The number of amides is 1. The molecule has 3 N–H and O–H groups in total. The number of nitrogens with zero attached hydrogens (tertiary/aromatic N) is 2. The summed E-state index contributed by atoms with van der Waals surface area (Å²) < 4.78 is 14.8. The quantitative estimate of drug-likeness (QED) is 0.329. The summed E-state index contributed by atoms with van der Waals surface area (Å²) in [5.41, 5.74) is 4.33. The number of rotatable bonds is 7. The topological polar surface area (TPSA) is 105 Å². The Morgan fingerprint density at radius 1 is 1.35 bits per heavy atom. The van der Waals surface area contributed by atoms with Gasteiger partial charge in [-0.2, -0.15) is 12.6 Å². The molecule has 0 aromatic heterocycles. The van der Waals surface area contributed by atoms with Crippen molar-refractivity contribution in [1.82, 2.24) is 5.32 Å². The number of aldehydes is 1. The lowest BCUT2D eigenvalue weighted by atomic mass is 9.97. The molecule has 2 atom stereocenters. The Labute approximate surface area is 188 Å². The van der Waals surface area contributed by atoms with Gasteiger partial charge in [0, 0.05) is 21.9 Å². The molecule has 2 aromatic carbocycles. The molecule has 0 spiro atoms. The number of likely N-dealkylation sites (N-methyl/N-ethyl adjacent to an activating group) is 1.